The number of hydrogen-bond acceptors (Lipinski definition) is 4. The zero-order valence-corrected chi connectivity index (χ0v) is 15.6. The van der Waals surface area contributed by atoms with Gasteiger partial charge in [-0.1, -0.05) is 31.2 Å². The van der Waals surface area contributed by atoms with Crippen LogP contribution in [0, 0.1) is 23.0 Å². The van der Waals surface area contributed by atoms with Crippen LogP contribution in [0.1, 0.15) is 29.3 Å². The number of esters is 1. The minimum absolute atomic E-state index is 0.181. The maximum absolute atomic E-state index is 13.9. The van der Waals surface area contributed by atoms with Gasteiger partial charge in [-0.2, -0.15) is 9.65 Å². The molecule has 0 fully saturated rings. The molecule has 0 atom stereocenters. The molecule has 146 valence electrons. The summed E-state index contributed by atoms with van der Waals surface area (Å²) in [5.41, 5.74) is 1.53. The fourth-order valence-electron chi connectivity index (χ4n) is 2.62. The maximum atomic E-state index is 13.9. The van der Waals surface area contributed by atoms with Crippen LogP contribution in [0.2, 0.25) is 0 Å². The number of nitriles is 1. The van der Waals surface area contributed by atoms with Crippen molar-refractivity contribution in [3.8, 4) is 28.7 Å². The van der Waals surface area contributed by atoms with Crippen molar-refractivity contribution in [2.75, 3.05) is 6.61 Å². The van der Waals surface area contributed by atoms with Crippen LogP contribution in [0.3, 0.4) is 0 Å². The Morgan fingerprint density at radius 3 is 2.14 bits per heavy atom. The molecule has 3 aromatic carbocycles. The Morgan fingerprint density at radius 1 is 0.931 bits per heavy atom. The smallest absolute Gasteiger partial charge is 0.343 e. The normalized spacial score (nSPS) is 10.3. The molecule has 0 aliphatic rings. The van der Waals surface area contributed by atoms with E-state index in [0.29, 0.717) is 6.61 Å². The van der Waals surface area contributed by atoms with Crippen LogP contribution < -0.4 is 9.47 Å². The van der Waals surface area contributed by atoms with Gasteiger partial charge in [0.05, 0.1) is 17.7 Å². The highest BCUT2D eigenvalue weighted by atomic mass is 19.2. The molecule has 0 spiro atoms. The van der Waals surface area contributed by atoms with E-state index in [0.717, 1.165) is 35.4 Å². The van der Waals surface area contributed by atoms with Crippen LogP contribution in [-0.4, -0.2) is 12.6 Å². The van der Waals surface area contributed by atoms with Gasteiger partial charge in [0.2, 0.25) is 5.82 Å². The Kier molecular flexibility index (Phi) is 6.20. The predicted molar refractivity (Wildman–Crippen MR) is 104 cm³/mol. The lowest BCUT2D eigenvalue weighted by Crippen LogP contribution is -2.10. The van der Waals surface area contributed by atoms with Gasteiger partial charge >= 0.3 is 5.97 Å². The van der Waals surface area contributed by atoms with Crippen molar-refractivity contribution in [1.82, 2.24) is 0 Å². The molecule has 29 heavy (non-hydrogen) atoms. The number of ether oxygens (including phenoxy) is 2. The molecule has 0 N–H and O–H groups in total. The lowest BCUT2D eigenvalue weighted by molar-refractivity contribution is 0.0726. The molecule has 0 saturated heterocycles. The summed E-state index contributed by atoms with van der Waals surface area (Å²) in [4.78, 5) is 12.2. The van der Waals surface area contributed by atoms with E-state index < -0.39 is 28.9 Å². The minimum atomic E-state index is -1.38. The Balaban J connectivity index is 1.72. The third kappa shape index (κ3) is 4.58. The van der Waals surface area contributed by atoms with Gasteiger partial charge in [0, 0.05) is 0 Å². The molecule has 0 bridgehead atoms. The molecule has 3 rings (SSSR count). The number of benzene rings is 3. The maximum Gasteiger partial charge on any atom is 0.343 e. The number of halogens is 2. The number of carbonyl (C=O) groups excluding carboxylic acids is 1. The summed E-state index contributed by atoms with van der Waals surface area (Å²) < 4.78 is 38.0. The molecular formula is C23H17F2NO3. The van der Waals surface area contributed by atoms with Crippen molar-refractivity contribution in [3.63, 3.8) is 0 Å². The first-order chi connectivity index (χ1) is 14.0. The van der Waals surface area contributed by atoms with Gasteiger partial charge in [-0.3, -0.25) is 0 Å². The first-order valence-corrected chi connectivity index (χ1v) is 8.97. The predicted octanol–water partition coefficient (Wildman–Crippen LogP) is 5.51. The van der Waals surface area contributed by atoms with Crippen LogP contribution in [0.5, 0.6) is 11.5 Å². The van der Waals surface area contributed by atoms with Crippen molar-refractivity contribution in [3.05, 3.63) is 83.4 Å². The van der Waals surface area contributed by atoms with Gasteiger partial charge in [0.25, 0.3) is 0 Å². The van der Waals surface area contributed by atoms with Gasteiger partial charge in [-0.15, -0.1) is 0 Å². The Hall–Kier alpha value is -3.72. The molecule has 3 aromatic rings. The summed E-state index contributed by atoms with van der Waals surface area (Å²) >= 11 is 0. The summed E-state index contributed by atoms with van der Waals surface area (Å²) in [5, 5.41) is 8.70. The Labute approximate surface area is 166 Å². The van der Waals surface area contributed by atoms with E-state index in [1.807, 2.05) is 31.2 Å². The van der Waals surface area contributed by atoms with Crippen LogP contribution in [0.4, 0.5) is 8.78 Å². The topological polar surface area (TPSA) is 59.3 Å². The Bertz CT molecular complexity index is 1060. The molecule has 0 unspecified atom stereocenters. The van der Waals surface area contributed by atoms with Crippen molar-refractivity contribution in [2.45, 2.75) is 13.3 Å². The van der Waals surface area contributed by atoms with E-state index in [1.165, 1.54) is 18.2 Å². The fourth-order valence-corrected chi connectivity index (χ4v) is 2.62. The number of hydrogen-bond donors (Lipinski definition) is 0. The van der Waals surface area contributed by atoms with E-state index in [4.69, 9.17) is 14.7 Å². The van der Waals surface area contributed by atoms with Crippen molar-refractivity contribution in [1.29, 1.82) is 5.26 Å². The average molecular weight is 393 g/mol. The minimum Gasteiger partial charge on any atom is -0.494 e. The third-order valence-corrected chi connectivity index (χ3v) is 4.15. The Morgan fingerprint density at radius 2 is 1.55 bits per heavy atom. The van der Waals surface area contributed by atoms with Gasteiger partial charge in [-0.25, -0.2) is 9.18 Å². The van der Waals surface area contributed by atoms with Crippen molar-refractivity contribution < 1.29 is 23.0 Å². The van der Waals surface area contributed by atoms with E-state index >= 15 is 0 Å². The summed E-state index contributed by atoms with van der Waals surface area (Å²) in [6.45, 7) is 2.69. The zero-order chi connectivity index (χ0) is 20.8. The van der Waals surface area contributed by atoms with Crippen LogP contribution in [0.25, 0.3) is 11.1 Å². The molecule has 4 nitrogen and oxygen atoms in total. The van der Waals surface area contributed by atoms with Crippen LogP contribution in [0.15, 0.2) is 60.7 Å². The van der Waals surface area contributed by atoms with Crippen molar-refractivity contribution >= 4 is 5.97 Å². The average Bonchev–Trinajstić information content (AvgIpc) is 2.76. The van der Waals surface area contributed by atoms with Crippen LogP contribution >= 0.6 is 0 Å². The lowest BCUT2D eigenvalue weighted by Gasteiger charge is -2.08. The molecule has 0 amide bonds. The van der Waals surface area contributed by atoms with Gasteiger partial charge < -0.3 is 9.47 Å². The van der Waals surface area contributed by atoms with E-state index in [1.54, 1.807) is 12.1 Å². The highest BCUT2D eigenvalue weighted by Crippen LogP contribution is 2.25. The molecule has 0 aliphatic heterocycles. The van der Waals surface area contributed by atoms with Crippen LogP contribution in [-0.2, 0) is 0 Å². The quantitative estimate of drug-likeness (QED) is 0.409. The van der Waals surface area contributed by atoms with Gasteiger partial charge in [0.1, 0.15) is 11.8 Å². The van der Waals surface area contributed by atoms with Gasteiger partial charge in [-0.05, 0) is 53.9 Å². The third-order valence-electron chi connectivity index (χ3n) is 4.15. The second kappa shape index (κ2) is 8.98. The summed E-state index contributed by atoms with van der Waals surface area (Å²) in [7, 11) is 0. The summed E-state index contributed by atoms with van der Waals surface area (Å²) in [6.07, 6.45) is 0.929. The van der Waals surface area contributed by atoms with Gasteiger partial charge in [0.15, 0.2) is 11.6 Å². The first kappa shape index (κ1) is 20.0. The SMILES string of the molecule is CCCOc1ccc(-c2ccc(C(=O)Oc3ccc(C#N)c(F)c3F)cc2)cc1. The number of rotatable bonds is 6. The van der Waals surface area contributed by atoms with E-state index in [9.17, 15) is 13.6 Å². The van der Waals surface area contributed by atoms with Crippen molar-refractivity contribution in [2.24, 2.45) is 0 Å². The first-order valence-electron chi connectivity index (χ1n) is 8.97. The standard InChI is InChI=1S/C23H17F2NO3/c1-2-13-28-19-10-7-16(8-11-19)15-3-5-17(6-4-15)23(27)29-20-12-9-18(14-26)21(24)22(20)25/h3-12H,2,13H2,1H3. The molecule has 0 radical (unpaired) electrons. The highest BCUT2D eigenvalue weighted by Gasteiger charge is 2.18. The molecular weight excluding hydrogens is 376 g/mol. The summed E-state index contributed by atoms with van der Waals surface area (Å²) in [6, 6.07) is 17.7. The second-order valence-electron chi connectivity index (χ2n) is 6.19. The molecule has 0 aromatic heterocycles. The molecule has 0 aliphatic carbocycles. The molecule has 0 heterocycles. The summed E-state index contributed by atoms with van der Waals surface area (Å²) in [5.74, 6) is -3.34. The fraction of sp³-hybridized carbons (Fsp3) is 0.130. The number of carbonyl (C=O) groups is 1. The largest absolute Gasteiger partial charge is 0.494 e. The van der Waals surface area contributed by atoms with E-state index in [-0.39, 0.29) is 5.56 Å². The number of nitrogens with zero attached hydrogens (tertiary/aromatic N) is 1. The lowest BCUT2D eigenvalue weighted by atomic mass is 10.0. The second-order valence-corrected chi connectivity index (χ2v) is 6.19. The molecule has 6 heteroatoms. The highest BCUT2D eigenvalue weighted by molar-refractivity contribution is 5.91. The zero-order valence-electron chi connectivity index (χ0n) is 15.6. The monoisotopic (exact) mass is 393 g/mol. The van der Waals surface area contributed by atoms with E-state index in [2.05, 4.69) is 0 Å². The molecule has 0 saturated carbocycles.